The lowest BCUT2D eigenvalue weighted by Crippen LogP contribution is -2.53. The summed E-state index contributed by atoms with van der Waals surface area (Å²) >= 11 is 0. The Bertz CT molecular complexity index is 260. The van der Waals surface area contributed by atoms with Gasteiger partial charge in [0.15, 0.2) is 0 Å². The van der Waals surface area contributed by atoms with Gasteiger partial charge in [0.1, 0.15) is 0 Å². The van der Waals surface area contributed by atoms with Gasteiger partial charge in [0.05, 0.1) is 0 Å². The Balaban J connectivity index is 1.97. The molecule has 2 rings (SSSR count). The summed E-state index contributed by atoms with van der Waals surface area (Å²) in [7, 11) is 0. The molecule has 2 fully saturated rings. The van der Waals surface area contributed by atoms with Gasteiger partial charge < -0.3 is 5.73 Å². The second-order valence-corrected chi connectivity index (χ2v) is 6.94. The second kappa shape index (κ2) is 5.92. The first-order valence-corrected chi connectivity index (χ1v) is 8.08. The van der Waals surface area contributed by atoms with Gasteiger partial charge in [0, 0.05) is 18.6 Å². The van der Waals surface area contributed by atoms with Gasteiger partial charge in [0.25, 0.3) is 0 Å². The average molecular weight is 252 g/mol. The first-order valence-electron chi connectivity index (χ1n) is 8.08. The molecule has 0 aromatic rings. The Morgan fingerprint density at radius 3 is 2.44 bits per heavy atom. The van der Waals surface area contributed by atoms with Crippen molar-refractivity contribution in [1.82, 2.24) is 4.90 Å². The maximum Gasteiger partial charge on any atom is 0.0301 e. The highest BCUT2D eigenvalue weighted by molar-refractivity contribution is 4.94. The Morgan fingerprint density at radius 1 is 1.22 bits per heavy atom. The molecule has 2 nitrogen and oxygen atoms in total. The third kappa shape index (κ3) is 2.75. The number of hydrogen-bond donors (Lipinski definition) is 1. The minimum absolute atomic E-state index is 0.220. The molecule has 0 aromatic carbocycles. The minimum Gasteiger partial charge on any atom is -0.329 e. The van der Waals surface area contributed by atoms with Crippen LogP contribution in [0, 0.1) is 17.8 Å². The van der Waals surface area contributed by atoms with Gasteiger partial charge in [0.2, 0.25) is 0 Å². The van der Waals surface area contributed by atoms with Gasteiger partial charge in [-0.3, -0.25) is 4.90 Å². The molecule has 0 radical (unpaired) electrons. The standard InChI is InChI=1S/C16H32N2/c1-4-8-18(16(3,5-2)12-17)11-15-10-13-6-7-14(15)9-13/h13-15H,4-12,17H2,1-3H3. The highest BCUT2D eigenvalue weighted by Gasteiger charge is 2.41. The summed E-state index contributed by atoms with van der Waals surface area (Å²) in [5.74, 6) is 3.06. The first kappa shape index (κ1) is 14.3. The molecule has 2 N–H and O–H groups in total. The monoisotopic (exact) mass is 252 g/mol. The summed E-state index contributed by atoms with van der Waals surface area (Å²) < 4.78 is 0. The summed E-state index contributed by atoms with van der Waals surface area (Å²) in [4.78, 5) is 2.71. The van der Waals surface area contributed by atoms with E-state index in [1.165, 1.54) is 51.6 Å². The van der Waals surface area contributed by atoms with Crippen LogP contribution in [0.3, 0.4) is 0 Å². The van der Waals surface area contributed by atoms with E-state index in [1.54, 1.807) is 0 Å². The van der Waals surface area contributed by atoms with Crippen LogP contribution >= 0.6 is 0 Å². The Labute approximate surface area is 113 Å². The first-order chi connectivity index (χ1) is 8.62. The zero-order valence-corrected chi connectivity index (χ0v) is 12.6. The third-order valence-electron chi connectivity index (χ3n) is 5.80. The lowest BCUT2D eigenvalue weighted by Gasteiger charge is -2.42. The summed E-state index contributed by atoms with van der Waals surface area (Å²) in [5, 5.41) is 0. The van der Waals surface area contributed by atoms with Crippen molar-refractivity contribution in [2.45, 2.75) is 64.8 Å². The summed E-state index contributed by atoms with van der Waals surface area (Å²) in [6.07, 6.45) is 8.45. The predicted molar refractivity (Wildman–Crippen MR) is 78.6 cm³/mol. The molecular weight excluding hydrogens is 220 g/mol. The third-order valence-corrected chi connectivity index (χ3v) is 5.80. The van der Waals surface area contributed by atoms with Crippen LogP contribution in [0.4, 0.5) is 0 Å². The van der Waals surface area contributed by atoms with Gasteiger partial charge >= 0.3 is 0 Å². The second-order valence-electron chi connectivity index (χ2n) is 6.94. The van der Waals surface area contributed by atoms with E-state index in [2.05, 4.69) is 25.7 Å². The van der Waals surface area contributed by atoms with E-state index in [9.17, 15) is 0 Å². The molecular formula is C16H32N2. The summed E-state index contributed by atoms with van der Waals surface area (Å²) in [5.41, 5.74) is 6.28. The van der Waals surface area contributed by atoms with E-state index in [-0.39, 0.29) is 5.54 Å². The fourth-order valence-electron chi connectivity index (χ4n) is 4.23. The zero-order valence-electron chi connectivity index (χ0n) is 12.6. The van der Waals surface area contributed by atoms with Crippen LogP contribution in [0.25, 0.3) is 0 Å². The fourth-order valence-corrected chi connectivity index (χ4v) is 4.23. The number of rotatable bonds is 7. The molecule has 2 bridgehead atoms. The van der Waals surface area contributed by atoms with Crippen LogP contribution in [0.2, 0.25) is 0 Å². The number of nitrogens with zero attached hydrogens (tertiary/aromatic N) is 1. The van der Waals surface area contributed by atoms with Crippen LogP contribution < -0.4 is 5.73 Å². The Kier molecular flexibility index (Phi) is 4.71. The van der Waals surface area contributed by atoms with Crippen molar-refractivity contribution in [3.63, 3.8) is 0 Å². The topological polar surface area (TPSA) is 29.3 Å². The molecule has 0 spiro atoms. The highest BCUT2D eigenvalue weighted by Crippen LogP contribution is 2.48. The van der Waals surface area contributed by atoms with E-state index in [1.807, 2.05) is 0 Å². The molecule has 2 saturated carbocycles. The molecule has 2 heteroatoms. The Hall–Kier alpha value is -0.0800. The SMILES string of the molecule is CCCN(CC1CC2CCC1C2)C(C)(CC)CN. The van der Waals surface area contributed by atoms with E-state index < -0.39 is 0 Å². The lowest BCUT2D eigenvalue weighted by atomic mass is 9.86. The van der Waals surface area contributed by atoms with Gasteiger partial charge in [-0.25, -0.2) is 0 Å². The molecule has 0 saturated heterocycles. The average Bonchev–Trinajstić information content (AvgIpc) is 2.99. The number of hydrogen-bond acceptors (Lipinski definition) is 2. The predicted octanol–water partition coefficient (Wildman–Crippen LogP) is 3.26. The molecule has 4 atom stereocenters. The van der Waals surface area contributed by atoms with Crippen molar-refractivity contribution in [3.05, 3.63) is 0 Å². The van der Waals surface area contributed by atoms with E-state index in [4.69, 9.17) is 5.73 Å². The largest absolute Gasteiger partial charge is 0.329 e. The van der Waals surface area contributed by atoms with Crippen molar-refractivity contribution in [2.24, 2.45) is 23.5 Å². The smallest absolute Gasteiger partial charge is 0.0301 e. The molecule has 4 unspecified atom stereocenters. The molecule has 0 heterocycles. The quantitative estimate of drug-likeness (QED) is 0.753. The molecule has 18 heavy (non-hydrogen) atoms. The van der Waals surface area contributed by atoms with Crippen LogP contribution in [0.15, 0.2) is 0 Å². The van der Waals surface area contributed by atoms with Crippen LogP contribution in [0.5, 0.6) is 0 Å². The Morgan fingerprint density at radius 2 is 2.00 bits per heavy atom. The van der Waals surface area contributed by atoms with Crippen LogP contribution in [-0.4, -0.2) is 30.1 Å². The van der Waals surface area contributed by atoms with E-state index >= 15 is 0 Å². The molecule has 2 aliphatic carbocycles. The van der Waals surface area contributed by atoms with Gasteiger partial charge in [-0.15, -0.1) is 0 Å². The number of nitrogens with two attached hydrogens (primary N) is 1. The zero-order chi connectivity index (χ0) is 13.2. The summed E-state index contributed by atoms with van der Waals surface area (Å²) in [6.45, 7) is 10.3. The van der Waals surface area contributed by atoms with E-state index in [0.717, 1.165) is 24.3 Å². The summed E-state index contributed by atoms with van der Waals surface area (Å²) in [6, 6.07) is 0. The van der Waals surface area contributed by atoms with Crippen molar-refractivity contribution in [3.8, 4) is 0 Å². The minimum atomic E-state index is 0.220. The normalized spacial score (nSPS) is 34.2. The van der Waals surface area contributed by atoms with Crippen LogP contribution in [-0.2, 0) is 0 Å². The molecule has 0 aromatic heterocycles. The number of fused-ring (bicyclic) bond motifs is 2. The van der Waals surface area contributed by atoms with Crippen molar-refractivity contribution >= 4 is 0 Å². The van der Waals surface area contributed by atoms with Gasteiger partial charge in [-0.2, -0.15) is 0 Å². The highest BCUT2D eigenvalue weighted by atomic mass is 15.2. The van der Waals surface area contributed by atoms with Crippen molar-refractivity contribution < 1.29 is 0 Å². The van der Waals surface area contributed by atoms with Crippen molar-refractivity contribution in [2.75, 3.05) is 19.6 Å². The van der Waals surface area contributed by atoms with Gasteiger partial charge in [-0.1, -0.05) is 20.3 Å². The van der Waals surface area contributed by atoms with Crippen molar-refractivity contribution in [1.29, 1.82) is 0 Å². The molecule has 106 valence electrons. The maximum atomic E-state index is 6.06. The van der Waals surface area contributed by atoms with E-state index in [0.29, 0.717) is 0 Å². The molecule has 2 aliphatic rings. The van der Waals surface area contributed by atoms with Crippen LogP contribution in [0.1, 0.15) is 59.3 Å². The molecule has 0 aliphatic heterocycles. The van der Waals surface area contributed by atoms with Gasteiger partial charge in [-0.05, 0) is 63.3 Å². The molecule has 0 amide bonds. The lowest BCUT2D eigenvalue weighted by molar-refractivity contribution is 0.0730. The maximum absolute atomic E-state index is 6.06. The fraction of sp³-hybridized carbons (Fsp3) is 1.00.